The summed E-state index contributed by atoms with van der Waals surface area (Å²) >= 11 is 0. The lowest BCUT2D eigenvalue weighted by molar-refractivity contribution is 0.116. The van der Waals surface area contributed by atoms with Gasteiger partial charge < -0.3 is 10.5 Å². The highest BCUT2D eigenvalue weighted by atomic mass is 19.3. The third-order valence-corrected chi connectivity index (χ3v) is 2.08. The highest BCUT2D eigenvalue weighted by molar-refractivity contribution is 5.37. The summed E-state index contributed by atoms with van der Waals surface area (Å²) in [7, 11) is 1.54. The molecule has 2 N–H and O–H groups in total. The average molecular weight is 201 g/mol. The second kappa shape index (κ2) is 4.37. The van der Waals surface area contributed by atoms with Crippen LogP contribution in [-0.4, -0.2) is 13.5 Å². The highest BCUT2D eigenvalue weighted by Crippen LogP contribution is 2.24. The van der Waals surface area contributed by atoms with Crippen molar-refractivity contribution in [1.82, 2.24) is 0 Å². The van der Waals surface area contributed by atoms with Crippen molar-refractivity contribution in [1.29, 1.82) is 0 Å². The SMILES string of the molecule is COc1ccc(C(N)C(F)F)cc1C. The van der Waals surface area contributed by atoms with Crippen LogP contribution in [0, 0.1) is 6.92 Å². The van der Waals surface area contributed by atoms with Gasteiger partial charge in [-0.05, 0) is 24.1 Å². The Morgan fingerprint density at radius 3 is 2.43 bits per heavy atom. The fourth-order valence-electron chi connectivity index (χ4n) is 1.25. The molecular weight excluding hydrogens is 188 g/mol. The molecule has 0 fully saturated rings. The molecule has 0 aliphatic heterocycles. The van der Waals surface area contributed by atoms with Crippen molar-refractivity contribution in [2.75, 3.05) is 7.11 Å². The molecule has 0 heterocycles. The van der Waals surface area contributed by atoms with Crippen LogP contribution in [0.25, 0.3) is 0 Å². The molecule has 1 atom stereocenters. The maximum Gasteiger partial charge on any atom is 0.257 e. The first-order chi connectivity index (χ1) is 6.56. The third-order valence-electron chi connectivity index (χ3n) is 2.08. The van der Waals surface area contributed by atoms with E-state index in [0.29, 0.717) is 11.3 Å². The zero-order valence-corrected chi connectivity index (χ0v) is 8.13. The monoisotopic (exact) mass is 201 g/mol. The first kappa shape index (κ1) is 10.9. The van der Waals surface area contributed by atoms with Crippen LogP contribution in [0.2, 0.25) is 0 Å². The summed E-state index contributed by atoms with van der Waals surface area (Å²) in [5.74, 6) is 0.676. The normalized spacial score (nSPS) is 13.0. The van der Waals surface area contributed by atoms with Gasteiger partial charge in [0.2, 0.25) is 0 Å². The van der Waals surface area contributed by atoms with Crippen molar-refractivity contribution in [3.05, 3.63) is 29.3 Å². The minimum absolute atomic E-state index is 0.429. The molecule has 0 saturated carbocycles. The smallest absolute Gasteiger partial charge is 0.257 e. The van der Waals surface area contributed by atoms with Gasteiger partial charge in [0.1, 0.15) is 5.75 Å². The fourth-order valence-corrected chi connectivity index (χ4v) is 1.25. The lowest BCUT2D eigenvalue weighted by Crippen LogP contribution is -2.18. The summed E-state index contributed by atoms with van der Waals surface area (Å²) in [6.45, 7) is 1.79. The van der Waals surface area contributed by atoms with E-state index in [1.54, 1.807) is 25.1 Å². The predicted octanol–water partition coefficient (Wildman–Crippen LogP) is 2.27. The molecule has 1 aromatic rings. The van der Waals surface area contributed by atoms with E-state index in [1.165, 1.54) is 7.11 Å². The van der Waals surface area contributed by atoms with Crippen molar-refractivity contribution in [2.24, 2.45) is 5.73 Å². The Morgan fingerprint density at radius 2 is 2.00 bits per heavy atom. The first-order valence-electron chi connectivity index (χ1n) is 4.24. The molecule has 0 radical (unpaired) electrons. The molecule has 78 valence electrons. The van der Waals surface area contributed by atoms with Crippen LogP contribution >= 0.6 is 0 Å². The molecule has 4 heteroatoms. The van der Waals surface area contributed by atoms with Crippen molar-refractivity contribution < 1.29 is 13.5 Å². The van der Waals surface area contributed by atoms with Crippen LogP contribution < -0.4 is 10.5 Å². The molecule has 1 rings (SSSR count). The molecule has 2 nitrogen and oxygen atoms in total. The van der Waals surface area contributed by atoms with E-state index in [9.17, 15) is 8.78 Å². The lowest BCUT2D eigenvalue weighted by atomic mass is 10.0. The third kappa shape index (κ3) is 2.20. The molecule has 0 aliphatic carbocycles. The molecule has 14 heavy (non-hydrogen) atoms. The van der Waals surface area contributed by atoms with Crippen LogP contribution in [0.1, 0.15) is 17.2 Å². The van der Waals surface area contributed by atoms with Gasteiger partial charge >= 0.3 is 0 Å². The average Bonchev–Trinajstić information content (AvgIpc) is 2.16. The van der Waals surface area contributed by atoms with Gasteiger partial charge in [-0.1, -0.05) is 12.1 Å². The summed E-state index contributed by atoms with van der Waals surface area (Å²) in [5, 5.41) is 0. The number of rotatable bonds is 3. The van der Waals surface area contributed by atoms with E-state index < -0.39 is 12.5 Å². The molecule has 0 aromatic heterocycles. The van der Waals surface area contributed by atoms with Gasteiger partial charge in [0.25, 0.3) is 6.43 Å². The summed E-state index contributed by atoms with van der Waals surface area (Å²) in [4.78, 5) is 0. The lowest BCUT2D eigenvalue weighted by Gasteiger charge is -2.12. The zero-order valence-electron chi connectivity index (χ0n) is 8.13. The van der Waals surface area contributed by atoms with Crippen molar-refractivity contribution in [3.63, 3.8) is 0 Å². The Labute approximate surface area is 81.7 Å². The van der Waals surface area contributed by atoms with E-state index in [2.05, 4.69) is 0 Å². The minimum Gasteiger partial charge on any atom is -0.496 e. The molecule has 0 bridgehead atoms. The van der Waals surface area contributed by atoms with Crippen molar-refractivity contribution >= 4 is 0 Å². The number of aryl methyl sites for hydroxylation is 1. The topological polar surface area (TPSA) is 35.2 Å². The Morgan fingerprint density at radius 1 is 1.36 bits per heavy atom. The summed E-state index contributed by atoms with van der Waals surface area (Å²) < 4.78 is 29.6. The summed E-state index contributed by atoms with van der Waals surface area (Å²) in [6, 6.07) is 3.60. The summed E-state index contributed by atoms with van der Waals surface area (Å²) in [6.07, 6.45) is -2.54. The quantitative estimate of drug-likeness (QED) is 0.814. The maximum absolute atomic E-state index is 12.3. The van der Waals surface area contributed by atoms with E-state index in [0.717, 1.165) is 5.56 Å². The predicted molar refractivity (Wildman–Crippen MR) is 50.7 cm³/mol. The molecule has 0 aliphatic rings. The first-order valence-corrected chi connectivity index (χ1v) is 4.24. The number of alkyl halides is 2. The Bertz CT molecular complexity index is 315. The largest absolute Gasteiger partial charge is 0.496 e. The van der Waals surface area contributed by atoms with Crippen LogP contribution in [-0.2, 0) is 0 Å². The van der Waals surface area contributed by atoms with Crippen LogP contribution in [0.3, 0.4) is 0 Å². The van der Waals surface area contributed by atoms with Gasteiger partial charge in [0.15, 0.2) is 0 Å². The molecule has 1 aromatic carbocycles. The van der Waals surface area contributed by atoms with Gasteiger partial charge in [0, 0.05) is 0 Å². The maximum atomic E-state index is 12.3. The van der Waals surface area contributed by atoms with E-state index in [1.807, 2.05) is 0 Å². The molecular formula is C10H13F2NO. The van der Waals surface area contributed by atoms with Gasteiger partial charge in [-0.2, -0.15) is 0 Å². The summed E-state index contributed by atoms with van der Waals surface area (Å²) in [5.41, 5.74) is 6.54. The number of hydrogen-bond donors (Lipinski definition) is 1. The Kier molecular flexibility index (Phi) is 3.41. The van der Waals surface area contributed by atoms with Crippen molar-refractivity contribution in [3.8, 4) is 5.75 Å². The number of nitrogens with two attached hydrogens (primary N) is 1. The number of benzene rings is 1. The number of ether oxygens (including phenoxy) is 1. The number of halogens is 2. The van der Waals surface area contributed by atoms with Crippen LogP contribution in [0.5, 0.6) is 5.75 Å². The second-order valence-corrected chi connectivity index (χ2v) is 3.09. The Balaban J connectivity index is 2.96. The highest BCUT2D eigenvalue weighted by Gasteiger charge is 2.17. The standard InChI is InChI=1S/C10H13F2NO/c1-6-5-7(9(13)10(11)12)3-4-8(6)14-2/h3-5,9-10H,13H2,1-2H3. The number of methoxy groups -OCH3 is 1. The van der Waals surface area contributed by atoms with Gasteiger partial charge in [-0.25, -0.2) is 8.78 Å². The van der Waals surface area contributed by atoms with Gasteiger partial charge in [-0.3, -0.25) is 0 Å². The Hall–Kier alpha value is -1.16. The van der Waals surface area contributed by atoms with Crippen molar-refractivity contribution in [2.45, 2.75) is 19.4 Å². The zero-order chi connectivity index (χ0) is 10.7. The fraction of sp³-hybridized carbons (Fsp3) is 0.400. The molecule has 0 saturated heterocycles. The minimum atomic E-state index is -2.54. The second-order valence-electron chi connectivity index (χ2n) is 3.09. The van der Waals surface area contributed by atoms with Crippen LogP contribution in [0.4, 0.5) is 8.78 Å². The van der Waals surface area contributed by atoms with Crippen LogP contribution in [0.15, 0.2) is 18.2 Å². The van der Waals surface area contributed by atoms with Gasteiger partial charge in [0.05, 0.1) is 13.2 Å². The number of hydrogen-bond acceptors (Lipinski definition) is 2. The molecule has 0 amide bonds. The molecule has 1 unspecified atom stereocenters. The van der Waals surface area contributed by atoms with Gasteiger partial charge in [-0.15, -0.1) is 0 Å². The van der Waals surface area contributed by atoms with E-state index in [4.69, 9.17) is 10.5 Å². The van der Waals surface area contributed by atoms with E-state index in [-0.39, 0.29) is 0 Å². The molecule has 0 spiro atoms. The van der Waals surface area contributed by atoms with E-state index >= 15 is 0 Å².